The van der Waals surface area contributed by atoms with Crippen LogP contribution in [0.4, 0.5) is 5.82 Å². The van der Waals surface area contributed by atoms with Gasteiger partial charge in [-0.2, -0.15) is 0 Å². The molecule has 0 atom stereocenters. The highest BCUT2D eigenvalue weighted by molar-refractivity contribution is 7.90. The maximum Gasteiger partial charge on any atom is 0.175 e. The van der Waals surface area contributed by atoms with Crippen LogP contribution < -0.4 is 10.1 Å². The van der Waals surface area contributed by atoms with Crippen LogP contribution in [-0.2, 0) is 16.4 Å². The van der Waals surface area contributed by atoms with Gasteiger partial charge in [0, 0.05) is 13.3 Å². The monoisotopic (exact) mass is 293 g/mol. The molecular weight excluding hydrogens is 278 g/mol. The van der Waals surface area contributed by atoms with Crippen LogP contribution in [0.2, 0.25) is 0 Å². The Balaban J connectivity index is 2.00. The predicted molar refractivity (Wildman–Crippen MR) is 75.5 cm³/mol. The van der Waals surface area contributed by atoms with Crippen molar-refractivity contribution in [2.24, 2.45) is 0 Å². The smallest absolute Gasteiger partial charge is 0.175 e. The van der Waals surface area contributed by atoms with E-state index in [1.807, 2.05) is 0 Å². The summed E-state index contributed by atoms with van der Waals surface area (Å²) in [5, 5.41) is 2.88. The van der Waals surface area contributed by atoms with Gasteiger partial charge in [0.15, 0.2) is 9.84 Å². The van der Waals surface area contributed by atoms with E-state index in [1.54, 1.807) is 31.6 Å². The summed E-state index contributed by atoms with van der Waals surface area (Å²) in [6.45, 7) is 0.273. The minimum absolute atomic E-state index is 0.267. The second-order valence-corrected chi connectivity index (χ2v) is 6.19. The van der Waals surface area contributed by atoms with Crippen molar-refractivity contribution in [1.29, 1.82) is 0 Å². The largest absolute Gasteiger partial charge is 0.487 e. The first-order valence-electron chi connectivity index (χ1n) is 5.90. The summed E-state index contributed by atoms with van der Waals surface area (Å²) < 4.78 is 28.2. The molecule has 1 aromatic carbocycles. The molecule has 0 unspecified atom stereocenters. The molecule has 1 aromatic heterocycles. The van der Waals surface area contributed by atoms with E-state index >= 15 is 0 Å². The SMILES string of the molecule is CNc1cnc(COc2ccc(S(C)(=O)=O)cc2)cn1. The molecule has 106 valence electrons. The number of hydrogen-bond acceptors (Lipinski definition) is 6. The Bertz CT molecular complexity index is 667. The lowest BCUT2D eigenvalue weighted by Crippen LogP contribution is -2.01. The number of nitrogens with zero attached hydrogens (tertiary/aromatic N) is 2. The van der Waals surface area contributed by atoms with Crippen LogP contribution in [0, 0.1) is 0 Å². The molecule has 1 heterocycles. The molecule has 0 fully saturated rings. The first-order valence-corrected chi connectivity index (χ1v) is 7.80. The first kappa shape index (κ1) is 14.3. The van der Waals surface area contributed by atoms with Gasteiger partial charge in [-0.05, 0) is 24.3 Å². The second kappa shape index (κ2) is 5.87. The normalized spacial score (nSPS) is 11.1. The highest BCUT2D eigenvalue weighted by atomic mass is 32.2. The van der Waals surface area contributed by atoms with E-state index in [4.69, 9.17) is 4.74 Å². The zero-order valence-corrected chi connectivity index (χ0v) is 12.0. The second-order valence-electron chi connectivity index (χ2n) is 4.18. The summed E-state index contributed by atoms with van der Waals surface area (Å²) in [6.07, 6.45) is 4.41. The van der Waals surface area contributed by atoms with E-state index in [0.717, 1.165) is 0 Å². The zero-order valence-electron chi connectivity index (χ0n) is 11.2. The van der Waals surface area contributed by atoms with E-state index < -0.39 is 9.84 Å². The average Bonchev–Trinajstić information content (AvgIpc) is 2.45. The molecule has 1 N–H and O–H groups in total. The third kappa shape index (κ3) is 3.67. The van der Waals surface area contributed by atoms with Gasteiger partial charge in [-0.1, -0.05) is 0 Å². The molecular formula is C13H15N3O3S. The average molecular weight is 293 g/mol. The van der Waals surface area contributed by atoms with Gasteiger partial charge in [-0.3, -0.25) is 4.98 Å². The van der Waals surface area contributed by atoms with Crippen molar-refractivity contribution < 1.29 is 13.2 Å². The van der Waals surface area contributed by atoms with E-state index in [2.05, 4.69) is 15.3 Å². The van der Waals surface area contributed by atoms with Gasteiger partial charge in [0.2, 0.25) is 0 Å². The Labute approximate surface area is 117 Å². The van der Waals surface area contributed by atoms with E-state index in [9.17, 15) is 8.42 Å². The Hall–Kier alpha value is -2.15. The quantitative estimate of drug-likeness (QED) is 0.899. The Morgan fingerprint density at radius 1 is 1.15 bits per heavy atom. The first-order chi connectivity index (χ1) is 9.49. The third-order valence-corrected chi connectivity index (χ3v) is 3.73. The van der Waals surface area contributed by atoms with Gasteiger partial charge in [0.05, 0.1) is 23.0 Å². The summed E-state index contributed by atoms with van der Waals surface area (Å²) >= 11 is 0. The Morgan fingerprint density at radius 3 is 2.35 bits per heavy atom. The van der Waals surface area contributed by atoms with Crippen LogP contribution in [0.1, 0.15) is 5.69 Å². The molecule has 0 bridgehead atoms. The van der Waals surface area contributed by atoms with Crippen molar-refractivity contribution in [3.8, 4) is 5.75 Å². The molecule has 0 radical (unpaired) electrons. The number of nitrogens with one attached hydrogen (secondary N) is 1. The lowest BCUT2D eigenvalue weighted by Gasteiger charge is -2.06. The molecule has 0 saturated heterocycles. The topological polar surface area (TPSA) is 81.2 Å². The molecule has 0 saturated carbocycles. The van der Waals surface area contributed by atoms with Crippen LogP contribution in [0.5, 0.6) is 5.75 Å². The fourth-order valence-electron chi connectivity index (χ4n) is 1.50. The molecule has 0 amide bonds. The standard InChI is InChI=1S/C13H15N3O3S/c1-14-13-8-15-10(7-16-13)9-19-11-3-5-12(6-4-11)20(2,17)18/h3-8H,9H2,1-2H3,(H,14,16). The molecule has 6 nitrogen and oxygen atoms in total. The van der Waals surface area contributed by atoms with Crippen LogP contribution in [0.3, 0.4) is 0 Å². The molecule has 2 aromatic rings. The summed E-state index contributed by atoms with van der Waals surface area (Å²) in [4.78, 5) is 8.57. The van der Waals surface area contributed by atoms with Crippen molar-refractivity contribution in [3.05, 3.63) is 42.4 Å². The fraction of sp³-hybridized carbons (Fsp3) is 0.231. The summed E-state index contributed by atoms with van der Waals surface area (Å²) in [7, 11) is -1.41. The fourth-order valence-corrected chi connectivity index (χ4v) is 2.13. The Kier molecular flexibility index (Phi) is 4.19. The number of rotatable bonds is 5. The summed E-state index contributed by atoms with van der Waals surface area (Å²) in [5.41, 5.74) is 0.691. The van der Waals surface area contributed by atoms with Gasteiger partial charge in [-0.15, -0.1) is 0 Å². The van der Waals surface area contributed by atoms with Crippen molar-refractivity contribution in [1.82, 2.24) is 9.97 Å². The maximum atomic E-state index is 11.3. The number of hydrogen-bond donors (Lipinski definition) is 1. The number of anilines is 1. The Morgan fingerprint density at radius 2 is 1.85 bits per heavy atom. The third-order valence-electron chi connectivity index (χ3n) is 2.60. The summed E-state index contributed by atoms with van der Waals surface area (Å²) in [5.74, 6) is 1.27. The minimum atomic E-state index is -3.18. The predicted octanol–water partition coefficient (Wildman–Crippen LogP) is 1.50. The lowest BCUT2D eigenvalue weighted by atomic mass is 10.3. The van der Waals surface area contributed by atoms with Crippen molar-refractivity contribution in [2.45, 2.75) is 11.5 Å². The lowest BCUT2D eigenvalue weighted by molar-refractivity contribution is 0.300. The van der Waals surface area contributed by atoms with Crippen molar-refractivity contribution >= 4 is 15.7 Å². The molecule has 2 rings (SSSR count). The number of aromatic nitrogens is 2. The van der Waals surface area contributed by atoms with Gasteiger partial charge in [0.1, 0.15) is 18.2 Å². The van der Waals surface area contributed by atoms with Crippen LogP contribution >= 0.6 is 0 Å². The molecule has 7 heteroatoms. The van der Waals surface area contributed by atoms with Gasteiger partial charge >= 0.3 is 0 Å². The number of ether oxygens (including phenoxy) is 1. The summed E-state index contributed by atoms with van der Waals surface area (Å²) in [6, 6.07) is 6.26. The molecule has 0 spiro atoms. The van der Waals surface area contributed by atoms with E-state index in [1.165, 1.54) is 18.4 Å². The van der Waals surface area contributed by atoms with Crippen molar-refractivity contribution in [3.63, 3.8) is 0 Å². The van der Waals surface area contributed by atoms with Gasteiger partial charge in [0.25, 0.3) is 0 Å². The minimum Gasteiger partial charge on any atom is -0.487 e. The van der Waals surface area contributed by atoms with Gasteiger partial charge < -0.3 is 10.1 Å². The zero-order chi connectivity index (χ0) is 14.6. The van der Waals surface area contributed by atoms with Crippen LogP contribution in [0.25, 0.3) is 0 Å². The van der Waals surface area contributed by atoms with E-state index in [0.29, 0.717) is 17.3 Å². The maximum absolute atomic E-state index is 11.3. The van der Waals surface area contributed by atoms with Gasteiger partial charge in [-0.25, -0.2) is 13.4 Å². The van der Waals surface area contributed by atoms with Crippen molar-refractivity contribution in [2.75, 3.05) is 18.6 Å². The molecule has 0 aliphatic rings. The molecule has 20 heavy (non-hydrogen) atoms. The van der Waals surface area contributed by atoms with Crippen LogP contribution in [-0.4, -0.2) is 31.7 Å². The molecule has 0 aliphatic heterocycles. The highest BCUT2D eigenvalue weighted by Crippen LogP contribution is 2.16. The number of benzene rings is 1. The highest BCUT2D eigenvalue weighted by Gasteiger charge is 2.06. The number of sulfone groups is 1. The van der Waals surface area contributed by atoms with E-state index in [-0.39, 0.29) is 11.5 Å². The molecule has 0 aliphatic carbocycles. The van der Waals surface area contributed by atoms with Crippen LogP contribution in [0.15, 0.2) is 41.6 Å².